The zero-order chi connectivity index (χ0) is 13.9. The molecular weight excluding hydrogens is 260 g/mol. The molecule has 2 fully saturated rings. The van der Waals surface area contributed by atoms with Gasteiger partial charge in [-0.05, 0) is 18.8 Å². The van der Waals surface area contributed by atoms with Gasteiger partial charge in [0.15, 0.2) is 0 Å². The Morgan fingerprint density at radius 2 is 2.15 bits per heavy atom. The van der Waals surface area contributed by atoms with Gasteiger partial charge >= 0.3 is 6.09 Å². The molecule has 1 saturated heterocycles. The van der Waals surface area contributed by atoms with Crippen molar-refractivity contribution in [3.63, 3.8) is 0 Å². The minimum absolute atomic E-state index is 0.0171. The molecule has 3 aliphatic rings. The number of nitrogens with zero attached hydrogens (tertiary/aromatic N) is 4. The molecule has 7 nitrogen and oxygen atoms in total. The third-order valence-corrected chi connectivity index (χ3v) is 4.66. The van der Waals surface area contributed by atoms with E-state index in [1.54, 1.807) is 10.9 Å². The lowest BCUT2D eigenvalue weighted by Crippen LogP contribution is -2.39. The van der Waals surface area contributed by atoms with E-state index in [2.05, 4.69) is 5.10 Å². The number of likely N-dealkylation sites (tertiary alicyclic amines) is 1. The molecular formula is C13H16N4O3. The second-order valence-corrected chi connectivity index (χ2v) is 5.78. The van der Waals surface area contributed by atoms with E-state index in [1.165, 1.54) is 4.90 Å². The fourth-order valence-corrected chi connectivity index (χ4v) is 3.39. The monoisotopic (exact) mass is 276 g/mol. The summed E-state index contributed by atoms with van der Waals surface area (Å²) in [6.07, 6.45) is 2.87. The summed E-state index contributed by atoms with van der Waals surface area (Å²) in [6.45, 7) is 2.01. The topological polar surface area (TPSA) is 78.7 Å². The number of carbonyl (C=O) groups is 2. The third-order valence-electron chi connectivity index (χ3n) is 4.66. The SMILES string of the molecule is O=C(O)N1CCn2ncc(C(=O)N3CCC4CC43)c2C1. The molecule has 7 heteroatoms. The Morgan fingerprint density at radius 3 is 2.80 bits per heavy atom. The molecule has 0 spiro atoms. The smallest absolute Gasteiger partial charge is 0.407 e. The maximum absolute atomic E-state index is 12.6. The minimum Gasteiger partial charge on any atom is -0.465 e. The van der Waals surface area contributed by atoms with Gasteiger partial charge in [-0.1, -0.05) is 0 Å². The van der Waals surface area contributed by atoms with Crippen LogP contribution in [-0.4, -0.2) is 55.8 Å². The lowest BCUT2D eigenvalue weighted by molar-refractivity contribution is 0.0763. The van der Waals surface area contributed by atoms with E-state index in [4.69, 9.17) is 5.11 Å². The van der Waals surface area contributed by atoms with Crippen LogP contribution in [0.5, 0.6) is 0 Å². The highest BCUT2D eigenvalue weighted by molar-refractivity contribution is 5.96. The van der Waals surface area contributed by atoms with Gasteiger partial charge in [0.2, 0.25) is 0 Å². The fraction of sp³-hybridized carbons (Fsp3) is 0.615. The van der Waals surface area contributed by atoms with Crippen LogP contribution in [0, 0.1) is 5.92 Å². The van der Waals surface area contributed by atoms with Gasteiger partial charge in [-0.2, -0.15) is 5.10 Å². The van der Waals surface area contributed by atoms with Gasteiger partial charge in [-0.15, -0.1) is 0 Å². The Kier molecular flexibility index (Phi) is 2.33. The molecule has 106 valence electrons. The summed E-state index contributed by atoms with van der Waals surface area (Å²) < 4.78 is 1.76. The van der Waals surface area contributed by atoms with Crippen molar-refractivity contribution in [3.05, 3.63) is 17.5 Å². The number of rotatable bonds is 1. The molecule has 1 saturated carbocycles. The molecule has 2 amide bonds. The van der Waals surface area contributed by atoms with E-state index in [0.29, 0.717) is 30.6 Å². The predicted octanol–water partition coefficient (Wildman–Crippen LogP) is 0.611. The van der Waals surface area contributed by atoms with Gasteiger partial charge in [0, 0.05) is 19.1 Å². The van der Waals surface area contributed by atoms with E-state index < -0.39 is 6.09 Å². The van der Waals surface area contributed by atoms with Crippen LogP contribution in [0.15, 0.2) is 6.20 Å². The Labute approximate surface area is 115 Å². The van der Waals surface area contributed by atoms with Crippen molar-refractivity contribution in [1.29, 1.82) is 0 Å². The number of carbonyl (C=O) groups excluding carboxylic acids is 1. The van der Waals surface area contributed by atoms with Crippen molar-refractivity contribution in [2.24, 2.45) is 5.92 Å². The van der Waals surface area contributed by atoms with Crippen LogP contribution in [0.1, 0.15) is 28.9 Å². The highest BCUT2D eigenvalue weighted by atomic mass is 16.4. The number of hydrogen-bond donors (Lipinski definition) is 1. The lowest BCUT2D eigenvalue weighted by atomic mass is 10.2. The normalized spacial score (nSPS) is 27.2. The largest absolute Gasteiger partial charge is 0.465 e. The second-order valence-electron chi connectivity index (χ2n) is 5.78. The van der Waals surface area contributed by atoms with E-state index in [9.17, 15) is 9.59 Å². The molecule has 0 radical (unpaired) electrons. The quantitative estimate of drug-likeness (QED) is 0.815. The Hall–Kier alpha value is -2.05. The zero-order valence-electron chi connectivity index (χ0n) is 11.0. The van der Waals surface area contributed by atoms with Crippen molar-refractivity contribution < 1.29 is 14.7 Å². The Morgan fingerprint density at radius 1 is 1.30 bits per heavy atom. The van der Waals surface area contributed by atoms with Crippen molar-refractivity contribution in [3.8, 4) is 0 Å². The van der Waals surface area contributed by atoms with Crippen molar-refractivity contribution >= 4 is 12.0 Å². The van der Waals surface area contributed by atoms with Gasteiger partial charge in [0.1, 0.15) is 0 Å². The summed E-state index contributed by atoms with van der Waals surface area (Å²) in [7, 11) is 0. The Balaban J connectivity index is 1.62. The van der Waals surface area contributed by atoms with Crippen LogP contribution in [0.25, 0.3) is 0 Å². The number of piperidine rings is 1. The van der Waals surface area contributed by atoms with Gasteiger partial charge in [-0.25, -0.2) is 4.79 Å². The maximum atomic E-state index is 12.6. The van der Waals surface area contributed by atoms with Crippen LogP contribution >= 0.6 is 0 Å². The minimum atomic E-state index is -0.945. The number of hydrogen-bond acceptors (Lipinski definition) is 3. The molecule has 0 bridgehead atoms. The van der Waals surface area contributed by atoms with Crippen LogP contribution < -0.4 is 0 Å². The van der Waals surface area contributed by atoms with Gasteiger partial charge in [0.25, 0.3) is 5.91 Å². The molecule has 3 heterocycles. The first kappa shape index (κ1) is 11.7. The predicted molar refractivity (Wildman–Crippen MR) is 68.2 cm³/mol. The van der Waals surface area contributed by atoms with Crippen LogP contribution in [0.4, 0.5) is 4.79 Å². The molecule has 1 N–H and O–H groups in total. The number of carboxylic acid groups (broad SMARTS) is 1. The highest BCUT2D eigenvalue weighted by Crippen LogP contribution is 2.45. The summed E-state index contributed by atoms with van der Waals surface area (Å²) in [5, 5.41) is 13.3. The average molecular weight is 276 g/mol. The fourth-order valence-electron chi connectivity index (χ4n) is 3.39. The first-order chi connectivity index (χ1) is 9.65. The van der Waals surface area contributed by atoms with Gasteiger partial charge in [-0.3, -0.25) is 9.48 Å². The molecule has 0 aromatic carbocycles. The van der Waals surface area contributed by atoms with E-state index >= 15 is 0 Å². The van der Waals surface area contributed by atoms with Crippen LogP contribution in [0.2, 0.25) is 0 Å². The molecule has 2 aliphatic heterocycles. The molecule has 2 unspecified atom stereocenters. The third kappa shape index (κ3) is 1.62. The van der Waals surface area contributed by atoms with E-state index in [1.807, 2.05) is 4.90 Å². The van der Waals surface area contributed by atoms with Crippen molar-refractivity contribution in [2.75, 3.05) is 13.1 Å². The second kappa shape index (κ2) is 3.97. The Bertz CT molecular complexity index is 596. The van der Waals surface area contributed by atoms with Gasteiger partial charge < -0.3 is 14.9 Å². The number of aromatic nitrogens is 2. The average Bonchev–Trinajstić information content (AvgIpc) is 2.93. The van der Waals surface area contributed by atoms with Crippen molar-refractivity contribution in [1.82, 2.24) is 19.6 Å². The van der Waals surface area contributed by atoms with Crippen LogP contribution in [-0.2, 0) is 13.1 Å². The maximum Gasteiger partial charge on any atom is 0.407 e. The first-order valence-corrected chi connectivity index (χ1v) is 6.98. The summed E-state index contributed by atoms with van der Waals surface area (Å²) in [6, 6.07) is 0.414. The van der Waals surface area contributed by atoms with E-state index in [-0.39, 0.29) is 12.5 Å². The zero-order valence-corrected chi connectivity index (χ0v) is 11.0. The summed E-state index contributed by atoms with van der Waals surface area (Å²) in [5.74, 6) is 0.712. The highest BCUT2D eigenvalue weighted by Gasteiger charge is 2.49. The molecule has 4 rings (SSSR count). The molecule has 1 aromatic rings. The van der Waals surface area contributed by atoms with Gasteiger partial charge in [0.05, 0.1) is 30.5 Å². The van der Waals surface area contributed by atoms with E-state index in [0.717, 1.165) is 25.1 Å². The first-order valence-electron chi connectivity index (χ1n) is 6.98. The van der Waals surface area contributed by atoms with Crippen LogP contribution in [0.3, 0.4) is 0 Å². The molecule has 1 aliphatic carbocycles. The summed E-state index contributed by atoms with van der Waals surface area (Å²) >= 11 is 0. The molecule has 2 atom stereocenters. The van der Waals surface area contributed by atoms with Crippen molar-refractivity contribution in [2.45, 2.75) is 32.0 Å². The summed E-state index contributed by atoms with van der Waals surface area (Å²) in [5.41, 5.74) is 1.30. The molecule has 20 heavy (non-hydrogen) atoms. The lowest BCUT2D eigenvalue weighted by Gasteiger charge is -2.26. The number of fused-ring (bicyclic) bond motifs is 2. The standard InChI is InChI=1S/C13H16N4O3/c18-12(16-2-1-8-5-10(8)16)9-6-14-17-4-3-15(13(19)20)7-11(9)17/h6,8,10H,1-5,7H2,(H,19,20). The summed E-state index contributed by atoms with van der Waals surface area (Å²) in [4.78, 5) is 26.9. The molecule has 1 aromatic heterocycles. The number of amides is 2.